The number of sulfonamides is 1. The Morgan fingerprint density at radius 3 is 2.86 bits per heavy atom. The lowest BCUT2D eigenvalue weighted by atomic mass is 10.0. The molecule has 4 nitrogen and oxygen atoms in total. The van der Waals surface area contributed by atoms with E-state index in [9.17, 15) is 8.42 Å². The Morgan fingerprint density at radius 1 is 1.57 bits per heavy atom. The first-order valence-corrected chi connectivity index (χ1v) is 6.92. The van der Waals surface area contributed by atoms with E-state index in [1.165, 1.54) is 0 Å². The minimum Gasteiger partial charge on any atom is -0.378 e. The van der Waals surface area contributed by atoms with Crippen LogP contribution in [-0.4, -0.2) is 32.9 Å². The minimum absolute atomic E-state index is 0.188. The summed E-state index contributed by atoms with van der Waals surface area (Å²) in [6.07, 6.45) is 2.03. The topological polar surface area (TPSA) is 55.4 Å². The second-order valence-electron chi connectivity index (χ2n) is 3.44. The molecule has 1 fully saturated rings. The van der Waals surface area contributed by atoms with E-state index < -0.39 is 10.0 Å². The third-order valence-electron chi connectivity index (χ3n) is 2.46. The molecule has 2 atom stereocenters. The third-order valence-corrected chi connectivity index (χ3v) is 4.21. The molecule has 2 unspecified atom stereocenters. The lowest BCUT2D eigenvalue weighted by Crippen LogP contribution is -2.33. The summed E-state index contributed by atoms with van der Waals surface area (Å²) in [5.41, 5.74) is 0. The van der Waals surface area contributed by atoms with Gasteiger partial charge in [0.1, 0.15) is 5.21 Å². The van der Waals surface area contributed by atoms with Crippen molar-refractivity contribution < 1.29 is 13.2 Å². The number of ether oxygens (including phenoxy) is 1. The van der Waals surface area contributed by atoms with Gasteiger partial charge in [0.25, 0.3) is 0 Å². The van der Waals surface area contributed by atoms with E-state index in [1.807, 2.05) is 6.92 Å². The monoisotopic (exact) mass is 241 g/mol. The third kappa shape index (κ3) is 3.38. The van der Waals surface area contributed by atoms with Gasteiger partial charge in [-0.05, 0) is 12.8 Å². The predicted octanol–water partition coefficient (Wildman–Crippen LogP) is 0.917. The predicted molar refractivity (Wildman–Crippen MR) is 55.8 cm³/mol. The van der Waals surface area contributed by atoms with Gasteiger partial charge in [0.15, 0.2) is 0 Å². The summed E-state index contributed by atoms with van der Waals surface area (Å²) < 4.78 is 30.1. The van der Waals surface area contributed by atoms with E-state index in [-0.39, 0.29) is 17.2 Å². The standard InChI is InChI=1S/C8H16ClNO3S/c1-2-8-7(3-4-13-8)5-10-14(11,12)6-9/h7-8,10H,2-6H2,1H3. The van der Waals surface area contributed by atoms with Crippen molar-refractivity contribution in [1.82, 2.24) is 4.72 Å². The number of hydrogen-bond acceptors (Lipinski definition) is 3. The number of halogens is 1. The number of alkyl halides is 1. The van der Waals surface area contributed by atoms with Crippen molar-refractivity contribution >= 4 is 21.6 Å². The SMILES string of the molecule is CCC1OCCC1CNS(=O)(=O)CCl. The first-order valence-electron chi connectivity index (χ1n) is 4.74. The van der Waals surface area contributed by atoms with Crippen LogP contribution in [0, 0.1) is 5.92 Å². The molecule has 1 rings (SSSR count). The summed E-state index contributed by atoms with van der Waals surface area (Å²) in [5.74, 6) is 0.290. The Morgan fingerprint density at radius 2 is 2.29 bits per heavy atom. The van der Waals surface area contributed by atoms with Crippen molar-refractivity contribution in [1.29, 1.82) is 0 Å². The van der Waals surface area contributed by atoms with Gasteiger partial charge in [-0.1, -0.05) is 6.92 Å². The van der Waals surface area contributed by atoms with Crippen LogP contribution in [0.3, 0.4) is 0 Å². The maximum absolute atomic E-state index is 11.1. The summed E-state index contributed by atoms with van der Waals surface area (Å²) in [5, 5.41) is -0.378. The van der Waals surface area contributed by atoms with E-state index in [0.29, 0.717) is 6.54 Å². The molecule has 0 aromatic carbocycles. The summed E-state index contributed by atoms with van der Waals surface area (Å²) in [6.45, 7) is 3.21. The maximum Gasteiger partial charge on any atom is 0.225 e. The van der Waals surface area contributed by atoms with Crippen LogP contribution in [0.5, 0.6) is 0 Å². The van der Waals surface area contributed by atoms with Crippen molar-refractivity contribution in [2.45, 2.75) is 25.9 Å². The maximum atomic E-state index is 11.1. The molecule has 0 aromatic heterocycles. The van der Waals surface area contributed by atoms with Crippen LogP contribution in [0.1, 0.15) is 19.8 Å². The second kappa shape index (κ2) is 5.30. The summed E-state index contributed by atoms with van der Waals surface area (Å²) >= 11 is 5.27. The Balaban J connectivity index is 2.38. The fourth-order valence-corrected chi connectivity index (χ4v) is 2.43. The molecule has 6 heteroatoms. The molecular formula is C8H16ClNO3S. The summed E-state index contributed by atoms with van der Waals surface area (Å²) in [7, 11) is -3.28. The Bertz CT molecular complexity index is 268. The van der Waals surface area contributed by atoms with E-state index in [4.69, 9.17) is 16.3 Å². The first kappa shape index (κ1) is 12.2. The van der Waals surface area contributed by atoms with Crippen molar-refractivity contribution in [2.75, 3.05) is 18.4 Å². The van der Waals surface area contributed by atoms with Gasteiger partial charge < -0.3 is 4.74 Å². The average molecular weight is 242 g/mol. The van der Waals surface area contributed by atoms with Crippen LogP contribution >= 0.6 is 11.6 Å². The van der Waals surface area contributed by atoms with E-state index in [0.717, 1.165) is 19.4 Å². The quantitative estimate of drug-likeness (QED) is 0.729. The van der Waals surface area contributed by atoms with Gasteiger partial charge in [-0.3, -0.25) is 0 Å². The molecule has 0 saturated carbocycles. The first-order chi connectivity index (χ1) is 6.59. The van der Waals surface area contributed by atoms with Crippen LogP contribution in [0.25, 0.3) is 0 Å². The van der Waals surface area contributed by atoms with Gasteiger partial charge in [-0.25, -0.2) is 13.1 Å². The van der Waals surface area contributed by atoms with Crippen LogP contribution in [-0.2, 0) is 14.8 Å². The highest BCUT2D eigenvalue weighted by Crippen LogP contribution is 2.22. The molecule has 14 heavy (non-hydrogen) atoms. The molecule has 1 saturated heterocycles. The molecule has 84 valence electrons. The average Bonchev–Trinajstić information content (AvgIpc) is 2.62. The smallest absolute Gasteiger partial charge is 0.225 e. The molecular weight excluding hydrogens is 226 g/mol. The molecule has 0 bridgehead atoms. The zero-order valence-corrected chi connectivity index (χ0v) is 9.77. The molecule has 0 radical (unpaired) electrons. The Labute approximate surface area is 90.0 Å². The normalized spacial score (nSPS) is 28.1. The second-order valence-corrected chi connectivity index (χ2v) is 5.83. The lowest BCUT2D eigenvalue weighted by Gasteiger charge is -2.16. The zero-order valence-electron chi connectivity index (χ0n) is 8.20. The highest BCUT2D eigenvalue weighted by molar-refractivity contribution is 7.90. The molecule has 0 aromatic rings. The molecule has 1 heterocycles. The summed E-state index contributed by atoms with van der Waals surface area (Å²) in [6, 6.07) is 0. The zero-order chi connectivity index (χ0) is 10.6. The summed E-state index contributed by atoms with van der Waals surface area (Å²) in [4.78, 5) is 0. The fraction of sp³-hybridized carbons (Fsp3) is 1.00. The Kier molecular flexibility index (Phi) is 4.63. The van der Waals surface area contributed by atoms with Gasteiger partial charge in [-0.15, -0.1) is 11.6 Å². The molecule has 0 spiro atoms. The van der Waals surface area contributed by atoms with Crippen LogP contribution < -0.4 is 4.72 Å². The van der Waals surface area contributed by atoms with Crippen LogP contribution in [0.15, 0.2) is 0 Å². The largest absolute Gasteiger partial charge is 0.378 e. The fourth-order valence-electron chi connectivity index (χ4n) is 1.65. The molecule has 0 amide bonds. The van der Waals surface area contributed by atoms with E-state index >= 15 is 0 Å². The minimum atomic E-state index is -3.28. The van der Waals surface area contributed by atoms with E-state index in [1.54, 1.807) is 0 Å². The van der Waals surface area contributed by atoms with Crippen molar-refractivity contribution in [3.63, 3.8) is 0 Å². The van der Waals surface area contributed by atoms with Gasteiger partial charge in [0, 0.05) is 19.1 Å². The number of hydrogen-bond donors (Lipinski definition) is 1. The van der Waals surface area contributed by atoms with Crippen LogP contribution in [0.2, 0.25) is 0 Å². The van der Waals surface area contributed by atoms with Crippen LogP contribution in [0.4, 0.5) is 0 Å². The van der Waals surface area contributed by atoms with Gasteiger partial charge in [0.05, 0.1) is 6.10 Å². The number of nitrogens with one attached hydrogen (secondary N) is 1. The van der Waals surface area contributed by atoms with E-state index in [2.05, 4.69) is 4.72 Å². The number of rotatable bonds is 5. The van der Waals surface area contributed by atoms with Gasteiger partial charge in [0.2, 0.25) is 10.0 Å². The van der Waals surface area contributed by atoms with Crippen molar-refractivity contribution in [3.05, 3.63) is 0 Å². The van der Waals surface area contributed by atoms with Gasteiger partial charge >= 0.3 is 0 Å². The lowest BCUT2D eigenvalue weighted by molar-refractivity contribution is 0.0885. The molecule has 1 aliphatic rings. The molecule has 1 aliphatic heterocycles. The highest BCUT2D eigenvalue weighted by Gasteiger charge is 2.27. The Hall–Kier alpha value is 0.160. The highest BCUT2D eigenvalue weighted by atomic mass is 35.5. The van der Waals surface area contributed by atoms with Crippen molar-refractivity contribution in [3.8, 4) is 0 Å². The molecule has 1 N–H and O–H groups in total. The molecule has 0 aliphatic carbocycles. The van der Waals surface area contributed by atoms with Gasteiger partial charge in [-0.2, -0.15) is 0 Å². The van der Waals surface area contributed by atoms with Crippen molar-refractivity contribution in [2.24, 2.45) is 5.92 Å².